The minimum Gasteiger partial charge on any atom is -0.0625 e. The second-order valence-corrected chi connectivity index (χ2v) is 12.9. The fraction of sp³-hybridized carbons (Fsp3) is 1.00. The number of hydrogen-bond acceptors (Lipinski definition) is 0. The highest BCUT2D eigenvalue weighted by Crippen LogP contribution is 2.53. The first-order chi connectivity index (χ1) is 13.9. The van der Waals surface area contributed by atoms with Gasteiger partial charge in [-0.05, 0) is 123 Å². The van der Waals surface area contributed by atoms with Gasteiger partial charge in [-0.25, -0.2) is 0 Å². The highest BCUT2D eigenvalue weighted by Gasteiger charge is 2.43. The predicted octanol–water partition coefficient (Wildman–Crippen LogP) is 8.99. The summed E-state index contributed by atoms with van der Waals surface area (Å²) < 4.78 is 0. The molecule has 29 heavy (non-hydrogen) atoms. The zero-order valence-corrected chi connectivity index (χ0v) is 20.5. The maximum Gasteiger partial charge on any atom is -0.0357 e. The lowest BCUT2D eigenvalue weighted by Crippen LogP contribution is -2.41. The van der Waals surface area contributed by atoms with Gasteiger partial charge in [-0.1, -0.05) is 60.3 Å². The van der Waals surface area contributed by atoms with Crippen LogP contribution in [0.3, 0.4) is 0 Å². The molecule has 0 amide bonds. The lowest BCUT2D eigenvalue weighted by molar-refractivity contribution is -0.000785. The van der Waals surface area contributed by atoms with Crippen LogP contribution in [0.4, 0.5) is 0 Å². The second kappa shape index (κ2) is 9.65. The van der Waals surface area contributed by atoms with Crippen LogP contribution in [0, 0.1) is 65.1 Å². The third kappa shape index (κ3) is 4.92. The molecule has 0 radical (unpaired) electrons. The average Bonchev–Trinajstić information content (AvgIpc) is 2.72. The van der Waals surface area contributed by atoms with E-state index in [1.54, 1.807) is 44.9 Å². The third-order valence-electron chi connectivity index (χ3n) is 11.2. The Bertz CT molecular complexity index is 492. The molecule has 7 unspecified atom stereocenters. The molecule has 0 aliphatic heterocycles. The van der Waals surface area contributed by atoms with Crippen LogP contribution in [0.15, 0.2) is 0 Å². The number of hydrogen-bond donors (Lipinski definition) is 0. The van der Waals surface area contributed by atoms with Gasteiger partial charge < -0.3 is 0 Å². The van der Waals surface area contributed by atoms with Gasteiger partial charge in [0.2, 0.25) is 0 Å². The molecule has 0 heteroatoms. The van der Waals surface area contributed by atoms with Gasteiger partial charge in [0.15, 0.2) is 0 Å². The van der Waals surface area contributed by atoms with Gasteiger partial charge in [-0.3, -0.25) is 0 Å². The van der Waals surface area contributed by atoms with Gasteiger partial charge in [-0.2, -0.15) is 0 Å². The molecular weight excluding hydrogens is 348 g/mol. The maximum atomic E-state index is 2.66. The molecule has 0 aromatic heterocycles. The molecule has 4 fully saturated rings. The van der Waals surface area contributed by atoms with Crippen molar-refractivity contribution in [1.82, 2.24) is 0 Å². The Morgan fingerprint density at radius 2 is 0.759 bits per heavy atom. The Hall–Kier alpha value is 0. The summed E-state index contributed by atoms with van der Waals surface area (Å²) in [5, 5.41) is 0. The molecule has 0 aromatic carbocycles. The molecule has 4 rings (SSSR count). The van der Waals surface area contributed by atoms with Crippen molar-refractivity contribution in [1.29, 1.82) is 0 Å². The van der Waals surface area contributed by atoms with Gasteiger partial charge in [0.25, 0.3) is 0 Å². The van der Waals surface area contributed by atoms with Crippen LogP contribution in [0.1, 0.15) is 118 Å². The van der Waals surface area contributed by atoms with Gasteiger partial charge in [0.1, 0.15) is 0 Å². The van der Waals surface area contributed by atoms with Crippen LogP contribution in [-0.4, -0.2) is 0 Å². The van der Waals surface area contributed by atoms with E-state index < -0.39 is 0 Å². The fourth-order valence-electron chi connectivity index (χ4n) is 9.00. The van der Waals surface area contributed by atoms with Crippen molar-refractivity contribution in [3.05, 3.63) is 0 Å². The van der Waals surface area contributed by atoms with E-state index in [0.717, 1.165) is 65.1 Å². The summed E-state index contributed by atoms with van der Waals surface area (Å²) in [5.41, 5.74) is 0. The highest BCUT2D eigenvalue weighted by atomic mass is 14.5. The Morgan fingerprint density at radius 1 is 0.379 bits per heavy atom. The van der Waals surface area contributed by atoms with E-state index in [-0.39, 0.29) is 0 Å². The molecule has 4 saturated carbocycles. The fourth-order valence-corrected chi connectivity index (χ4v) is 9.00. The van der Waals surface area contributed by atoms with Gasteiger partial charge in [0, 0.05) is 0 Å². The van der Waals surface area contributed by atoms with Crippen molar-refractivity contribution in [3.63, 3.8) is 0 Å². The summed E-state index contributed by atoms with van der Waals surface area (Å²) in [6.07, 6.45) is 20.0. The van der Waals surface area contributed by atoms with Crippen LogP contribution >= 0.6 is 0 Å². The van der Waals surface area contributed by atoms with Crippen molar-refractivity contribution < 1.29 is 0 Å². The van der Waals surface area contributed by atoms with Gasteiger partial charge >= 0.3 is 0 Å². The van der Waals surface area contributed by atoms with E-state index >= 15 is 0 Å². The first kappa shape index (κ1) is 22.2. The molecule has 0 spiro atoms. The second-order valence-electron chi connectivity index (χ2n) is 12.9. The minimum absolute atomic E-state index is 0.970. The van der Waals surface area contributed by atoms with Crippen molar-refractivity contribution in [2.24, 2.45) is 65.1 Å². The maximum absolute atomic E-state index is 2.66. The quantitative estimate of drug-likeness (QED) is 0.443. The minimum atomic E-state index is 0.970. The Labute approximate surface area is 183 Å². The van der Waals surface area contributed by atoms with E-state index in [2.05, 4.69) is 34.6 Å². The first-order valence-electron chi connectivity index (χ1n) is 13.9. The van der Waals surface area contributed by atoms with E-state index in [4.69, 9.17) is 0 Å². The van der Waals surface area contributed by atoms with E-state index in [9.17, 15) is 0 Å². The zero-order valence-electron chi connectivity index (χ0n) is 20.5. The van der Waals surface area contributed by atoms with Gasteiger partial charge in [-0.15, -0.1) is 0 Å². The van der Waals surface area contributed by atoms with Crippen molar-refractivity contribution >= 4 is 0 Å². The molecule has 0 aromatic rings. The summed E-state index contributed by atoms with van der Waals surface area (Å²) in [4.78, 5) is 0. The molecule has 0 bridgehead atoms. The summed E-state index contributed by atoms with van der Waals surface area (Å²) in [7, 11) is 0. The standard InChI is InChI=1S/C29H52/c1-19-6-10-24(11-7-19)27-15-14-26(18-21(27)3)29-17-16-28(22(4)23(29)5)25-12-8-20(2)9-13-25/h19-29H,6-18H2,1-5H3. The molecule has 4 aliphatic rings. The first-order valence-corrected chi connectivity index (χ1v) is 13.9. The molecule has 0 saturated heterocycles. The average molecular weight is 401 g/mol. The van der Waals surface area contributed by atoms with Crippen LogP contribution in [0.2, 0.25) is 0 Å². The monoisotopic (exact) mass is 400 g/mol. The highest BCUT2D eigenvalue weighted by molar-refractivity contribution is 4.93. The lowest BCUT2D eigenvalue weighted by atomic mass is 9.56. The predicted molar refractivity (Wildman–Crippen MR) is 127 cm³/mol. The SMILES string of the molecule is CC1CCC(C2CCC(C3CCC(C4CCC(C)CC4)C(C)C3C)CC2C)CC1. The molecular formula is C29H52. The zero-order chi connectivity index (χ0) is 20.5. The summed E-state index contributed by atoms with van der Waals surface area (Å²) in [6.45, 7) is 12.9. The molecule has 4 aliphatic carbocycles. The summed E-state index contributed by atoms with van der Waals surface area (Å²) in [5.74, 6) is 11.3. The third-order valence-corrected chi connectivity index (χ3v) is 11.2. The van der Waals surface area contributed by atoms with Crippen LogP contribution in [0.25, 0.3) is 0 Å². The molecule has 0 heterocycles. The number of rotatable bonds is 3. The van der Waals surface area contributed by atoms with E-state index in [0.29, 0.717) is 0 Å². The molecule has 0 nitrogen and oxygen atoms in total. The Morgan fingerprint density at radius 3 is 1.24 bits per heavy atom. The Kier molecular flexibility index (Phi) is 7.39. The van der Waals surface area contributed by atoms with Crippen LogP contribution in [0.5, 0.6) is 0 Å². The van der Waals surface area contributed by atoms with Crippen LogP contribution in [-0.2, 0) is 0 Å². The van der Waals surface area contributed by atoms with E-state index in [1.807, 2.05) is 0 Å². The van der Waals surface area contributed by atoms with Gasteiger partial charge in [0.05, 0.1) is 0 Å². The Balaban J connectivity index is 1.31. The lowest BCUT2D eigenvalue weighted by Gasteiger charge is -2.50. The molecule has 7 atom stereocenters. The summed E-state index contributed by atoms with van der Waals surface area (Å²) in [6, 6.07) is 0. The largest absolute Gasteiger partial charge is 0.0625 e. The van der Waals surface area contributed by atoms with Crippen molar-refractivity contribution in [3.8, 4) is 0 Å². The van der Waals surface area contributed by atoms with Crippen molar-refractivity contribution in [2.45, 2.75) is 118 Å². The smallest absolute Gasteiger partial charge is 0.0357 e. The normalized spacial score (nSPS) is 52.2. The topological polar surface area (TPSA) is 0 Å². The van der Waals surface area contributed by atoms with Crippen molar-refractivity contribution in [2.75, 3.05) is 0 Å². The molecule has 0 N–H and O–H groups in total. The summed E-state index contributed by atoms with van der Waals surface area (Å²) >= 11 is 0. The van der Waals surface area contributed by atoms with Crippen LogP contribution < -0.4 is 0 Å². The van der Waals surface area contributed by atoms with E-state index in [1.165, 1.54) is 38.5 Å². The molecule has 168 valence electrons.